The highest BCUT2D eigenvalue weighted by atomic mass is 79.9. The van der Waals surface area contributed by atoms with Crippen LogP contribution < -0.4 is 25.2 Å². The summed E-state index contributed by atoms with van der Waals surface area (Å²) in [6, 6.07) is 19.0. The number of thiazole rings is 1. The lowest BCUT2D eigenvalue weighted by atomic mass is 9.92. The van der Waals surface area contributed by atoms with Crippen molar-refractivity contribution < 1.29 is 19.2 Å². The van der Waals surface area contributed by atoms with Crippen LogP contribution in [0.5, 0.6) is 5.75 Å². The van der Waals surface area contributed by atoms with Crippen molar-refractivity contribution in [1.29, 1.82) is 0 Å². The van der Waals surface area contributed by atoms with Crippen LogP contribution in [0.25, 0.3) is 11.8 Å². The average Bonchev–Trinajstić information content (AvgIpc) is 3.38. The Hall–Kier alpha value is -5.12. The number of fused-ring (bicyclic) bond motifs is 1. The first-order valence-electron chi connectivity index (χ1n) is 14.7. The summed E-state index contributed by atoms with van der Waals surface area (Å²) in [4.78, 5) is 64.4. The number of methoxy groups -OCH3 is 1. The molecule has 15 heteroatoms. The van der Waals surface area contributed by atoms with Crippen molar-refractivity contribution in [2.45, 2.75) is 29.9 Å². The minimum Gasteiger partial charge on any atom is -0.496 e. The van der Waals surface area contributed by atoms with Crippen LogP contribution in [0.15, 0.2) is 107 Å². The Bertz CT molecular complexity index is 2400. The predicted octanol–water partition coefficient (Wildman–Crippen LogP) is 5.16. The van der Waals surface area contributed by atoms with Crippen LogP contribution in [-0.2, 0) is 9.53 Å². The molecule has 49 heavy (non-hydrogen) atoms. The molecule has 0 amide bonds. The molecule has 2 aromatic heterocycles. The predicted molar refractivity (Wildman–Crippen MR) is 189 cm³/mol. The van der Waals surface area contributed by atoms with E-state index < -0.39 is 22.5 Å². The van der Waals surface area contributed by atoms with E-state index in [1.165, 1.54) is 35.9 Å². The summed E-state index contributed by atoms with van der Waals surface area (Å²) in [7, 11) is 1.50. The van der Waals surface area contributed by atoms with Gasteiger partial charge in [0.15, 0.2) is 9.96 Å². The summed E-state index contributed by atoms with van der Waals surface area (Å²) in [5, 5.41) is 12.1. The molecule has 3 heterocycles. The zero-order valence-electron chi connectivity index (χ0n) is 26.1. The fourth-order valence-electron chi connectivity index (χ4n) is 5.35. The summed E-state index contributed by atoms with van der Waals surface area (Å²) >= 11 is 5.69. The number of aromatic nitrogens is 3. The Labute approximate surface area is 294 Å². The summed E-state index contributed by atoms with van der Waals surface area (Å²) in [5.74, 6) is -0.223. The number of ether oxygens (including phenoxy) is 2. The molecule has 6 rings (SSSR count). The first-order valence-corrected chi connectivity index (χ1v) is 17.2. The number of rotatable bonds is 9. The Morgan fingerprint density at radius 1 is 1.14 bits per heavy atom. The molecule has 1 N–H and O–H groups in total. The maximum Gasteiger partial charge on any atom is 0.338 e. The lowest BCUT2D eigenvalue weighted by Gasteiger charge is -2.27. The SMILES string of the molecule is CCOC(=O)C1=C(c2ccccc2)N=c2s/c(=C\c3cc([N+](=O)[O-])ccc3Sc3nc(C)cc(=O)[nH]3)c(=O)n2[C@H]1c1cc(Br)ccc1OC. The second kappa shape index (κ2) is 14.2. The third-order valence-corrected chi connectivity index (χ3v) is 9.86. The van der Waals surface area contributed by atoms with E-state index in [1.807, 2.05) is 30.3 Å². The number of nitrogens with zero attached hydrogens (tertiary/aromatic N) is 4. The number of nitro benzene ring substituents is 1. The van der Waals surface area contributed by atoms with Gasteiger partial charge >= 0.3 is 5.97 Å². The van der Waals surface area contributed by atoms with Crippen molar-refractivity contribution in [3.8, 4) is 5.75 Å². The topological polar surface area (TPSA) is 159 Å². The summed E-state index contributed by atoms with van der Waals surface area (Å²) < 4.78 is 13.6. The van der Waals surface area contributed by atoms with Gasteiger partial charge in [0.25, 0.3) is 16.8 Å². The van der Waals surface area contributed by atoms with Crippen LogP contribution in [0.3, 0.4) is 0 Å². The van der Waals surface area contributed by atoms with Crippen molar-refractivity contribution >= 4 is 62.5 Å². The number of nitrogens with one attached hydrogen (secondary N) is 1. The van der Waals surface area contributed by atoms with E-state index in [4.69, 9.17) is 14.5 Å². The Kier molecular flexibility index (Phi) is 9.76. The Morgan fingerprint density at radius 3 is 2.61 bits per heavy atom. The maximum absolute atomic E-state index is 14.5. The van der Waals surface area contributed by atoms with Gasteiger partial charge in [-0.2, -0.15) is 0 Å². The quantitative estimate of drug-likeness (QED) is 0.0928. The number of aromatic amines is 1. The minimum absolute atomic E-state index is 0.0887. The molecule has 0 spiro atoms. The van der Waals surface area contributed by atoms with Crippen molar-refractivity contribution in [3.63, 3.8) is 0 Å². The highest BCUT2D eigenvalue weighted by Crippen LogP contribution is 2.40. The van der Waals surface area contributed by atoms with E-state index in [0.29, 0.717) is 48.0 Å². The van der Waals surface area contributed by atoms with E-state index in [-0.39, 0.29) is 33.1 Å². The van der Waals surface area contributed by atoms with Crippen molar-refractivity contribution in [3.05, 3.63) is 145 Å². The zero-order chi connectivity index (χ0) is 34.8. The van der Waals surface area contributed by atoms with Crippen molar-refractivity contribution in [2.75, 3.05) is 13.7 Å². The second-order valence-electron chi connectivity index (χ2n) is 10.6. The largest absolute Gasteiger partial charge is 0.496 e. The molecule has 0 radical (unpaired) electrons. The first-order chi connectivity index (χ1) is 23.6. The lowest BCUT2D eigenvalue weighted by molar-refractivity contribution is -0.384. The van der Waals surface area contributed by atoms with Gasteiger partial charge in [-0.05, 0) is 49.8 Å². The van der Waals surface area contributed by atoms with Gasteiger partial charge in [0, 0.05) is 44.4 Å². The number of carbonyl (C=O) groups is 1. The minimum atomic E-state index is -1.01. The van der Waals surface area contributed by atoms with Gasteiger partial charge in [0.1, 0.15) is 11.8 Å². The fraction of sp³-hybridized carbons (Fsp3) is 0.147. The van der Waals surface area contributed by atoms with Crippen LogP contribution in [0.2, 0.25) is 0 Å². The Balaban J connectivity index is 1.64. The number of non-ortho nitro benzene ring substituents is 1. The van der Waals surface area contributed by atoms with Gasteiger partial charge in [0.05, 0.1) is 34.4 Å². The van der Waals surface area contributed by atoms with Crippen molar-refractivity contribution in [2.24, 2.45) is 4.99 Å². The fourth-order valence-corrected chi connectivity index (χ4v) is 7.65. The van der Waals surface area contributed by atoms with E-state index in [2.05, 4.69) is 25.9 Å². The molecule has 3 aromatic carbocycles. The molecule has 0 saturated carbocycles. The molecule has 1 atom stereocenters. The average molecular weight is 761 g/mol. The molecule has 1 aliphatic heterocycles. The normalized spacial score (nSPS) is 14.3. The first kappa shape index (κ1) is 33.8. The third kappa shape index (κ3) is 6.90. The number of hydrogen-bond donors (Lipinski definition) is 1. The van der Waals surface area contributed by atoms with Gasteiger partial charge in [0.2, 0.25) is 0 Å². The van der Waals surface area contributed by atoms with Crippen LogP contribution in [0, 0.1) is 17.0 Å². The number of halogens is 1. The molecule has 5 aromatic rings. The second-order valence-corrected chi connectivity index (χ2v) is 13.5. The number of hydrogen-bond acceptors (Lipinski definition) is 11. The summed E-state index contributed by atoms with van der Waals surface area (Å²) in [5.41, 5.74) is 1.44. The van der Waals surface area contributed by atoms with Gasteiger partial charge in [-0.3, -0.25) is 24.3 Å². The molecular weight excluding hydrogens is 734 g/mol. The number of esters is 1. The highest BCUT2D eigenvalue weighted by molar-refractivity contribution is 9.10. The molecule has 248 valence electrons. The van der Waals surface area contributed by atoms with Gasteiger partial charge in [-0.15, -0.1) is 0 Å². The smallest absolute Gasteiger partial charge is 0.338 e. The molecular formula is C34H26BrN5O7S2. The number of nitro groups is 1. The third-order valence-electron chi connectivity index (χ3n) is 7.41. The van der Waals surface area contributed by atoms with Gasteiger partial charge < -0.3 is 14.5 Å². The number of benzene rings is 3. The molecule has 0 saturated heterocycles. The van der Waals surface area contributed by atoms with E-state index in [1.54, 1.807) is 38.1 Å². The number of carbonyl (C=O) groups excluding carboxylic acids is 1. The molecule has 0 bridgehead atoms. The highest BCUT2D eigenvalue weighted by Gasteiger charge is 2.37. The number of H-pyrrole nitrogens is 1. The van der Waals surface area contributed by atoms with Crippen LogP contribution >= 0.6 is 39.0 Å². The van der Waals surface area contributed by atoms with E-state index >= 15 is 0 Å². The van der Waals surface area contributed by atoms with Crippen LogP contribution in [0.1, 0.15) is 35.3 Å². The van der Waals surface area contributed by atoms with Gasteiger partial charge in [-0.25, -0.2) is 14.8 Å². The summed E-state index contributed by atoms with van der Waals surface area (Å²) in [6.45, 7) is 3.47. The molecule has 12 nitrogen and oxygen atoms in total. The molecule has 0 aliphatic carbocycles. The Morgan fingerprint density at radius 2 is 1.92 bits per heavy atom. The maximum atomic E-state index is 14.5. The molecule has 1 aliphatic rings. The van der Waals surface area contributed by atoms with Crippen LogP contribution in [-0.4, -0.2) is 39.1 Å². The van der Waals surface area contributed by atoms with Crippen LogP contribution in [0.4, 0.5) is 5.69 Å². The number of aryl methyl sites for hydroxylation is 1. The lowest BCUT2D eigenvalue weighted by Crippen LogP contribution is -2.40. The van der Waals surface area contributed by atoms with Gasteiger partial charge in [-0.1, -0.05) is 69.4 Å². The standard InChI is InChI=1S/C34H26BrN5O7S2/c1-4-47-32(43)28-29(19-8-6-5-7-9-19)38-34-39(30(28)23-17-21(35)10-12-24(23)46-3)31(42)26(49-34)16-20-15-22(40(44)45)11-13-25(20)48-33-36-18(2)14-27(41)37-33/h5-17,30H,4H2,1-3H3,(H,36,37,41)/b26-16-/t30-/m0/s1. The zero-order valence-corrected chi connectivity index (χ0v) is 29.4. The summed E-state index contributed by atoms with van der Waals surface area (Å²) in [6.07, 6.45) is 1.54. The molecule has 0 fully saturated rings. The van der Waals surface area contributed by atoms with E-state index in [0.717, 1.165) is 23.1 Å². The van der Waals surface area contributed by atoms with Crippen molar-refractivity contribution in [1.82, 2.24) is 14.5 Å². The molecule has 0 unspecified atom stereocenters. The monoisotopic (exact) mass is 759 g/mol. The van der Waals surface area contributed by atoms with E-state index in [9.17, 15) is 24.5 Å².